The van der Waals surface area contributed by atoms with Gasteiger partial charge in [-0.25, -0.2) is 15.0 Å². The Bertz CT molecular complexity index is 1660. The smallest absolute Gasteiger partial charge is 0.194 e. The molecule has 0 aliphatic heterocycles. The topological polar surface area (TPSA) is 86.0 Å². The Morgan fingerprint density at radius 3 is 2.67 bits per heavy atom. The molecule has 6 aromatic rings. The molecule has 1 N–H and O–H groups in total. The van der Waals surface area contributed by atoms with Gasteiger partial charge in [-0.2, -0.15) is 0 Å². The van der Waals surface area contributed by atoms with Crippen LogP contribution in [0.1, 0.15) is 17.3 Å². The van der Waals surface area contributed by atoms with Crippen molar-refractivity contribution in [2.75, 3.05) is 5.32 Å². The molecule has 0 atom stereocenters. The van der Waals surface area contributed by atoms with E-state index in [1.807, 2.05) is 73.2 Å². The molecule has 0 saturated carbocycles. The summed E-state index contributed by atoms with van der Waals surface area (Å²) < 4.78 is 13.0. The van der Waals surface area contributed by atoms with Gasteiger partial charge in [0, 0.05) is 40.1 Å². The van der Waals surface area contributed by atoms with E-state index in [0.29, 0.717) is 18.0 Å². The number of oxazole rings is 1. The van der Waals surface area contributed by atoms with E-state index in [4.69, 9.17) is 19.1 Å². The van der Waals surface area contributed by atoms with E-state index in [2.05, 4.69) is 20.7 Å². The molecule has 0 saturated heterocycles. The van der Waals surface area contributed by atoms with Gasteiger partial charge in [0.25, 0.3) is 0 Å². The number of thiazole rings is 1. The van der Waals surface area contributed by atoms with Crippen LogP contribution in [0.4, 0.5) is 10.9 Å². The molecular formula is C27H23Cl2N5O2S3. The molecule has 6 rings (SSSR count). The summed E-state index contributed by atoms with van der Waals surface area (Å²) in [6.45, 7) is 1.90. The highest BCUT2D eigenvalue weighted by Crippen LogP contribution is 2.39. The maximum atomic E-state index is 6.26. The molecule has 0 bridgehead atoms. The zero-order valence-corrected chi connectivity index (χ0v) is 24.6. The SMILES string of the molecule is Cc1cnc(CCc2csc(Nc3ncc(Sc4ccnc5ccsc45)cc3Oc3ccccc3)n2)o1.Cl.Cl. The number of para-hydroxylation sites is 1. The zero-order chi connectivity index (χ0) is 25.0. The summed E-state index contributed by atoms with van der Waals surface area (Å²) in [5, 5.41) is 8.19. The van der Waals surface area contributed by atoms with Crippen molar-refractivity contribution >= 4 is 80.4 Å². The molecule has 1 aromatic carbocycles. The van der Waals surface area contributed by atoms with E-state index >= 15 is 0 Å². The number of nitrogens with zero attached hydrogens (tertiary/aromatic N) is 4. The van der Waals surface area contributed by atoms with Gasteiger partial charge in [0.1, 0.15) is 11.5 Å². The van der Waals surface area contributed by atoms with Crippen molar-refractivity contribution in [2.24, 2.45) is 0 Å². The Labute approximate surface area is 249 Å². The molecule has 200 valence electrons. The van der Waals surface area contributed by atoms with E-state index in [0.717, 1.165) is 54.7 Å². The van der Waals surface area contributed by atoms with Crippen molar-refractivity contribution in [3.8, 4) is 11.5 Å². The molecule has 0 aliphatic carbocycles. The minimum Gasteiger partial charge on any atom is -0.453 e. The van der Waals surface area contributed by atoms with Crippen LogP contribution >= 0.6 is 59.2 Å². The second-order valence-corrected chi connectivity index (χ2v) is 11.0. The van der Waals surface area contributed by atoms with Crippen LogP contribution in [0.25, 0.3) is 10.2 Å². The van der Waals surface area contributed by atoms with Crippen LogP contribution in [0.2, 0.25) is 0 Å². The summed E-state index contributed by atoms with van der Waals surface area (Å²) in [4.78, 5) is 20.3. The van der Waals surface area contributed by atoms with E-state index in [1.165, 1.54) is 11.3 Å². The number of thiophene rings is 1. The Morgan fingerprint density at radius 1 is 0.974 bits per heavy atom. The summed E-state index contributed by atoms with van der Waals surface area (Å²) >= 11 is 4.86. The number of hydrogen-bond acceptors (Lipinski definition) is 10. The van der Waals surface area contributed by atoms with Crippen LogP contribution < -0.4 is 10.1 Å². The minimum atomic E-state index is 0. The van der Waals surface area contributed by atoms with Gasteiger partial charge in [0.2, 0.25) is 0 Å². The van der Waals surface area contributed by atoms with E-state index in [9.17, 15) is 0 Å². The number of benzene rings is 1. The third-order valence-corrected chi connectivity index (χ3v) is 8.27. The van der Waals surface area contributed by atoms with Gasteiger partial charge in [0.15, 0.2) is 22.6 Å². The number of halogens is 2. The van der Waals surface area contributed by atoms with Crippen LogP contribution in [0, 0.1) is 6.92 Å². The molecule has 5 aromatic heterocycles. The highest BCUT2D eigenvalue weighted by Gasteiger charge is 2.14. The maximum Gasteiger partial charge on any atom is 0.194 e. The largest absolute Gasteiger partial charge is 0.453 e. The average molecular weight is 617 g/mol. The standard InChI is InChI=1S/C27H21N5O2S3.2ClH/c1-17-14-29-24(33-17)8-7-18-16-36-27(31-18)32-26-22(34-19-5-3-2-4-6-19)13-20(15-30-26)37-23-9-11-28-21-10-12-35-25(21)23;;/h2-6,9-16H,7-8H2,1H3,(H,30,31,32);2*1H. The average Bonchev–Trinajstić information content (AvgIpc) is 3.67. The number of rotatable bonds is 9. The molecule has 5 heterocycles. The maximum absolute atomic E-state index is 6.26. The van der Waals surface area contributed by atoms with Crippen LogP contribution in [-0.2, 0) is 12.8 Å². The van der Waals surface area contributed by atoms with Crippen molar-refractivity contribution in [3.63, 3.8) is 0 Å². The first kappa shape index (κ1) is 28.8. The highest BCUT2D eigenvalue weighted by molar-refractivity contribution is 7.99. The van der Waals surface area contributed by atoms with Crippen molar-refractivity contribution in [2.45, 2.75) is 29.6 Å². The fourth-order valence-corrected chi connectivity index (χ4v) is 6.28. The number of aryl methyl sites for hydroxylation is 3. The van der Waals surface area contributed by atoms with Crippen molar-refractivity contribution < 1.29 is 9.15 Å². The lowest BCUT2D eigenvalue weighted by Gasteiger charge is -2.12. The highest BCUT2D eigenvalue weighted by atomic mass is 35.5. The number of anilines is 2. The first-order valence-electron chi connectivity index (χ1n) is 11.6. The number of fused-ring (bicyclic) bond motifs is 1. The number of hydrogen-bond donors (Lipinski definition) is 1. The first-order chi connectivity index (χ1) is 18.2. The summed E-state index contributed by atoms with van der Waals surface area (Å²) in [6.07, 6.45) is 6.88. The molecule has 0 amide bonds. The quantitative estimate of drug-likeness (QED) is 0.173. The molecular weight excluding hydrogens is 593 g/mol. The second kappa shape index (κ2) is 13.3. The third kappa shape index (κ3) is 7.09. The fraction of sp³-hybridized carbons (Fsp3) is 0.111. The van der Waals surface area contributed by atoms with Crippen LogP contribution in [0.3, 0.4) is 0 Å². The molecule has 7 nitrogen and oxygen atoms in total. The van der Waals surface area contributed by atoms with Gasteiger partial charge >= 0.3 is 0 Å². The van der Waals surface area contributed by atoms with Gasteiger partial charge in [-0.15, -0.1) is 47.5 Å². The summed E-state index contributed by atoms with van der Waals surface area (Å²) in [6, 6.07) is 15.8. The second-order valence-electron chi connectivity index (χ2n) is 8.11. The molecule has 0 spiro atoms. The Balaban J connectivity index is 0.00000176. The predicted molar refractivity (Wildman–Crippen MR) is 163 cm³/mol. The Hall–Kier alpha value is -3.15. The lowest BCUT2D eigenvalue weighted by molar-refractivity contribution is 0.470. The minimum absolute atomic E-state index is 0. The van der Waals surface area contributed by atoms with Gasteiger partial charge in [-0.05, 0) is 43.0 Å². The molecule has 12 heteroatoms. The third-order valence-electron chi connectivity index (χ3n) is 5.38. The van der Waals surface area contributed by atoms with Crippen LogP contribution in [0.5, 0.6) is 11.5 Å². The van der Waals surface area contributed by atoms with E-state index in [-0.39, 0.29) is 24.8 Å². The molecule has 0 radical (unpaired) electrons. The summed E-state index contributed by atoms with van der Waals surface area (Å²) in [5.41, 5.74) is 1.97. The van der Waals surface area contributed by atoms with Gasteiger partial charge in [0.05, 0.1) is 22.1 Å². The van der Waals surface area contributed by atoms with Gasteiger partial charge < -0.3 is 14.5 Å². The summed E-state index contributed by atoms with van der Waals surface area (Å²) in [5.74, 6) is 3.51. The van der Waals surface area contributed by atoms with Crippen molar-refractivity contribution in [1.82, 2.24) is 19.9 Å². The predicted octanol–water partition coefficient (Wildman–Crippen LogP) is 8.76. The Morgan fingerprint density at radius 2 is 1.85 bits per heavy atom. The first-order valence-corrected chi connectivity index (χ1v) is 14.1. The van der Waals surface area contributed by atoms with Crippen molar-refractivity contribution in [3.05, 3.63) is 95.2 Å². The molecule has 39 heavy (non-hydrogen) atoms. The van der Waals surface area contributed by atoms with Gasteiger partial charge in [-0.3, -0.25) is 4.98 Å². The van der Waals surface area contributed by atoms with Gasteiger partial charge in [-0.1, -0.05) is 30.0 Å². The lowest BCUT2D eigenvalue weighted by Crippen LogP contribution is -1.98. The van der Waals surface area contributed by atoms with E-state index in [1.54, 1.807) is 29.3 Å². The monoisotopic (exact) mass is 615 g/mol. The lowest BCUT2D eigenvalue weighted by atomic mass is 10.2. The number of ether oxygens (including phenoxy) is 1. The van der Waals surface area contributed by atoms with E-state index < -0.39 is 0 Å². The Kier molecular flexibility index (Phi) is 9.82. The molecule has 0 unspecified atom stereocenters. The number of pyridine rings is 2. The number of nitrogens with one attached hydrogen (secondary N) is 1. The number of aromatic nitrogens is 4. The summed E-state index contributed by atoms with van der Waals surface area (Å²) in [7, 11) is 0. The van der Waals surface area contributed by atoms with Crippen LogP contribution in [-0.4, -0.2) is 19.9 Å². The van der Waals surface area contributed by atoms with Crippen molar-refractivity contribution in [1.29, 1.82) is 0 Å². The molecule has 0 aliphatic rings. The fourth-order valence-electron chi connectivity index (χ4n) is 3.66. The van der Waals surface area contributed by atoms with Crippen LogP contribution in [0.15, 0.2) is 92.1 Å². The molecule has 0 fully saturated rings. The normalized spacial score (nSPS) is 10.6. The zero-order valence-electron chi connectivity index (χ0n) is 20.6.